The first-order chi connectivity index (χ1) is 14.6. The van der Waals surface area contributed by atoms with E-state index >= 15 is 0 Å². The Labute approximate surface area is 173 Å². The quantitative estimate of drug-likeness (QED) is 0.622. The number of hydrogen-bond acceptors (Lipinski definition) is 4. The highest BCUT2D eigenvalue weighted by atomic mass is 19.4. The first-order valence-corrected chi connectivity index (χ1v) is 9.13. The van der Waals surface area contributed by atoms with Gasteiger partial charge in [-0.1, -0.05) is 17.9 Å². The number of nitrogens with one attached hydrogen (secondary N) is 1. The molecule has 31 heavy (non-hydrogen) atoms. The van der Waals surface area contributed by atoms with E-state index in [0.717, 1.165) is 16.7 Å². The molecule has 3 aromatic rings. The SMILES string of the molecule is Cn1c(=O)c2c(ncn2CCC(=O)NCC#Cc2cccc(C(F)(F)F)c2)n(C)c1=O. The van der Waals surface area contributed by atoms with Crippen LogP contribution in [0.2, 0.25) is 0 Å². The lowest BCUT2D eigenvalue weighted by Gasteiger charge is -2.06. The van der Waals surface area contributed by atoms with Crippen molar-refractivity contribution in [3.8, 4) is 11.8 Å². The normalized spacial score (nSPS) is 11.3. The molecule has 11 heteroatoms. The number of rotatable bonds is 4. The summed E-state index contributed by atoms with van der Waals surface area (Å²) < 4.78 is 41.8. The summed E-state index contributed by atoms with van der Waals surface area (Å²) >= 11 is 0. The van der Waals surface area contributed by atoms with Gasteiger partial charge in [-0.15, -0.1) is 0 Å². The summed E-state index contributed by atoms with van der Waals surface area (Å²) in [6, 6.07) is 4.60. The average Bonchev–Trinajstić information content (AvgIpc) is 3.16. The van der Waals surface area contributed by atoms with Gasteiger partial charge in [0.15, 0.2) is 11.2 Å². The van der Waals surface area contributed by atoms with Crippen molar-refractivity contribution in [2.24, 2.45) is 14.1 Å². The third-order valence-corrected chi connectivity index (χ3v) is 4.59. The molecule has 2 aromatic heterocycles. The van der Waals surface area contributed by atoms with Gasteiger partial charge in [-0.2, -0.15) is 13.2 Å². The molecular weight excluding hydrogens is 415 g/mol. The maximum Gasteiger partial charge on any atom is 0.416 e. The molecule has 2 heterocycles. The average molecular weight is 433 g/mol. The molecule has 0 atom stereocenters. The van der Waals surface area contributed by atoms with E-state index in [1.165, 1.54) is 41.7 Å². The molecule has 1 N–H and O–H groups in total. The Morgan fingerprint density at radius 3 is 2.65 bits per heavy atom. The predicted octanol–water partition coefficient (Wildman–Crippen LogP) is 1.01. The van der Waals surface area contributed by atoms with Crippen LogP contribution >= 0.6 is 0 Å². The van der Waals surface area contributed by atoms with Gasteiger partial charge in [0.05, 0.1) is 18.4 Å². The van der Waals surface area contributed by atoms with Crippen molar-refractivity contribution in [3.05, 3.63) is 62.6 Å². The topological polar surface area (TPSA) is 90.9 Å². The van der Waals surface area contributed by atoms with Gasteiger partial charge in [0, 0.05) is 32.6 Å². The van der Waals surface area contributed by atoms with Crippen LogP contribution in [0.4, 0.5) is 13.2 Å². The van der Waals surface area contributed by atoms with Crippen molar-refractivity contribution in [3.63, 3.8) is 0 Å². The zero-order valence-corrected chi connectivity index (χ0v) is 16.7. The summed E-state index contributed by atoms with van der Waals surface area (Å²) in [5.41, 5.74) is -1.18. The number of hydrogen-bond donors (Lipinski definition) is 1. The fraction of sp³-hybridized carbons (Fsp3) is 0.300. The second kappa shape index (κ2) is 8.51. The number of benzene rings is 1. The first-order valence-electron chi connectivity index (χ1n) is 9.13. The Kier molecular flexibility index (Phi) is 6.01. The molecule has 0 saturated heterocycles. The molecule has 0 fully saturated rings. The fourth-order valence-electron chi connectivity index (χ4n) is 2.94. The van der Waals surface area contributed by atoms with Crippen molar-refractivity contribution in [1.29, 1.82) is 0 Å². The molecular formula is C20H18F3N5O3. The van der Waals surface area contributed by atoms with Gasteiger partial charge in [0.1, 0.15) is 0 Å². The van der Waals surface area contributed by atoms with E-state index in [1.807, 2.05) is 0 Å². The van der Waals surface area contributed by atoms with Gasteiger partial charge >= 0.3 is 11.9 Å². The van der Waals surface area contributed by atoms with Crippen molar-refractivity contribution in [2.75, 3.05) is 6.54 Å². The van der Waals surface area contributed by atoms with E-state index < -0.39 is 23.0 Å². The first kappa shape index (κ1) is 21.9. The molecule has 0 bridgehead atoms. The Bertz CT molecular complexity index is 1320. The number of carbonyl (C=O) groups excluding carboxylic acids is 1. The van der Waals surface area contributed by atoms with Crippen molar-refractivity contribution in [2.45, 2.75) is 19.1 Å². The summed E-state index contributed by atoms with van der Waals surface area (Å²) in [6.45, 7) is 0.104. The van der Waals surface area contributed by atoms with Crippen LogP contribution in [0.25, 0.3) is 11.2 Å². The van der Waals surface area contributed by atoms with Gasteiger partial charge in [0.2, 0.25) is 5.91 Å². The highest BCUT2D eigenvalue weighted by molar-refractivity contribution is 5.76. The van der Waals surface area contributed by atoms with Crippen LogP contribution in [0.15, 0.2) is 40.2 Å². The summed E-state index contributed by atoms with van der Waals surface area (Å²) in [7, 11) is 2.86. The van der Waals surface area contributed by atoms with Crippen LogP contribution in [0.3, 0.4) is 0 Å². The van der Waals surface area contributed by atoms with Crippen LogP contribution in [-0.4, -0.2) is 31.1 Å². The molecule has 0 aliphatic heterocycles. The summed E-state index contributed by atoms with van der Waals surface area (Å²) in [5, 5.41) is 2.55. The van der Waals surface area contributed by atoms with Gasteiger partial charge in [-0.25, -0.2) is 9.78 Å². The lowest BCUT2D eigenvalue weighted by atomic mass is 10.1. The summed E-state index contributed by atoms with van der Waals surface area (Å²) in [6.07, 6.45) is -3.05. The lowest BCUT2D eigenvalue weighted by molar-refractivity contribution is -0.137. The highest BCUT2D eigenvalue weighted by Gasteiger charge is 2.30. The lowest BCUT2D eigenvalue weighted by Crippen LogP contribution is -2.37. The molecule has 8 nitrogen and oxygen atoms in total. The van der Waals surface area contributed by atoms with Gasteiger partial charge < -0.3 is 9.88 Å². The minimum absolute atomic E-state index is 0.0166. The van der Waals surface area contributed by atoms with Crippen LogP contribution in [-0.2, 0) is 31.6 Å². The van der Waals surface area contributed by atoms with E-state index in [4.69, 9.17) is 0 Å². The van der Waals surface area contributed by atoms with Crippen molar-refractivity contribution < 1.29 is 18.0 Å². The maximum absolute atomic E-state index is 12.7. The van der Waals surface area contributed by atoms with Gasteiger partial charge in [-0.3, -0.25) is 18.7 Å². The number of fused-ring (bicyclic) bond motifs is 1. The monoisotopic (exact) mass is 433 g/mol. The van der Waals surface area contributed by atoms with Crippen LogP contribution in [0, 0.1) is 11.8 Å². The standard InChI is InChI=1S/C20H18F3N5O3/c1-26-17-16(18(30)27(2)19(26)31)28(12-25-17)10-8-15(29)24-9-4-6-13-5-3-7-14(11-13)20(21,22)23/h3,5,7,11-12H,8-10H2,1-2H3,(H,24,29). The smallest absolute Gasteiger partial charge is 0.345 e. The third-order valence-electron chi connectivity index (χ3n) is 4.59. The van der Waals surface area contributed by atoms with E-state index in [9.17, 15) is 27.6 Å². The van der Waals surface area contributed by atoms with Gasteiger partial charge in [0.25, 0.3) is 5.56 Å². The molecule has 0 unspecified atom stereocenters. The molecule has 0 spiro atoms. The third kappa shape index (κ3) is 4.69. The minimum atomic E-state index is -4.45. The van der Waals surface area contributed by atoms with Gasteiger partial charge in [-0.05, 0) is 18.2 Å². The molecule has 0 radical (unpaired) electrons. The Hall–Kier alpha value is -3.81. The second-order valence-corrected chi connectivity index (χ2v) is 6.72. The number of carbonyl (C=O) groups is 1. The van der Waals surface area contributed by atoms with E-state index in [1.54, 1.807) is 0 Å². The van der Waals surface area contributed by atoms with E-state index in [-0.39, 0.29) is 42.1 Å². The van der Waals surface area contributed by atoms with Crippen molar-refractivity contribution >= 4 is 17.1 Å². The molecule has 0 aliphatic carbocycles. The zero-order valence-electron chi connectivity index (χ0n) is 16.7. The zero-order chi connectivity index (χ0) is 22.8. The molecule has 162 valence electrons. The second-order valence-electron chi connectivity index (χ2n) is 6.72. The maximum atomic E-state index is 12.7. The Balaban J connectivity index is 1.61. The highest BCUT2D eigenvalue weighted by Crippen LogP contribution is 2.29. The minimum Gasteiger partial charge on any atom is -0.345 e. The van der Waals surface area contributed by atoms with Crippen molar-refractivity contribution in [1.82, 2.24) is 24.0 Å². The molecule has 1 amide bonds. The van der Waals surface area contributed by atoms with Crippen LogP contribution in [0.1, 0.15) is 17.5 Å². The number of aromatic nitrogens is 4. The molecule has 0 saturated carbocycles. The summed E-state index contributed by atoms with van der Waals surface area (Å²) in [5.74, 6) is 4.82. The van der Waals surface area contributed by atoms with Crippen LogP contribution in [0.5, 0.6) is 0 Å². The molecule has 1 aromatic carbocycles. The largest absolute Gasteiger partial charge is 0.416 e. The summed E-state index contributed by atoms with van der Waals surface area (Å²) in [4.78, 5) is 40.4. The molecule has 3 rings (SSSR count). The number of halogens is 3. The molecule has 0 aliphatic rings. The predicted molar refractivity (Wildman–Crippen MR) is 106 cm³/mol. The number of aryl methyl sites for hydroxylation is 2. The van der Waals surface area contributed by atoms with Crippen LogP contribution < -0.4 is 16.6 Å². The Morgan fingerprint density at radius 1 is 1.19 bits per heavy atom. The fourth-order valence-corrected chi connectivity index (χ4v) is 2.94. The van der Waals surface area contributed by atoms with E-state index in [2.05, 4.69) is 22.1 Å². The number of alkyl halides is 3. The van der Waals surface area contributed by atoms with E-state index in [0.29, 0.717) is 0 Å². The number of imidazole rings is 1. The number of nitrogens with zero attached hydrogens (tertiary/aromatic N) is 4. The Morgan fingerprint density at radius 2 is 1.94 bits per heavy atom. The number of amides is 1.